The predicted octanol–water partition coefficient (Wildman–Crippen LogP) is 3.73. The van der Waals surface area contributed by atoms with E-state index in [0.29, 0.717) is 19.7 Å². The topological polar surface area (TPSA) is 59.5 Å². The molecule has 0 aliphatic carbocycles. The minimum Gasteiger partial charge on any atom is -0.483 e. The maximum absolute atomic E-state index is 12.9. The van der Waals surface area contributed by atoms with Gasteiger partial charge in [-0.1, -0.05) is 24.3 Å². The minimum atomic E-state index is 0.0155. The number of aromatic nitrogens is 2. The summed E-state index contributed by atoms with van der Waals surface area (Å²) in [6, 6.07) is 16.2. The van der Waals surface area contributed by atoms with Crippen LogP contribution >= 0.6 is 0 Å². The van der Waals surface area contributed by atoms with Crippen molar-refractivity contribution in [3.05, 3.63) is 66.0 Å². The maximum Gasteiger partial charge on any atom is 0.260 e. The van der Waals surface area contributed by atoms with Gasteiger partial charge in [-0.15, -0.1) is 0 Å². The molecule has 154 valence electrons. The van der Waals surface area contributed by atoms with E-state index in [1.54, 1.807) is 7.11 Å². The summed E-state index contributed by atoms with van der Waals surface area (Å²) >= 11 is 0. The summed E-state index contributed by atoms with van der Waals surface area (Å²) in [5.74, 6) is 0.753. The molecule has 2 aromatic heterocycles. The molecule has 5 rings (SSSR count). The molecule has 0 saturated carbocycles. The summed E-state index contributed by atoms with van der Waals surface area (Å²) in [7, 11) is 1.70. The standard InChI is InChI=1S/C24H25N3O3/c1-29-14-13-26-11-9-18-22(26)7-4-8-23(18)30-16-24(28)27-12-10-21-19(15-27)17-5-2-3-6-20(17)25-21/h2-9,11,25H,10,12-16H2,1H3. The number of carbonyl (C=O) groups excluding carboxylic acids is 1. The summed E-state index contributed by atoms with van der Waals surface area (Å²) in [5, 5.41) is 2.21. The zero-order chi connectivity index (χ0) is 20.5. The van der Waals surface area contributed by atoms with E-state index in [2.05, 4.69) is 27.8 Å². The number of carbonyl (C=O) groups is 1. The molecule has 1 N–H and O–H groups in total. The van der Waals surface area contributed by atoms with Gasteiger partial charge in [0.2, 0.25) is 0 Å². The number of fused-ring (bicyclic) bond motifs is 4. The van der Waals surface area contributed by atoms with Crippen LogP contribution in [0.2, 0.25) is 0 Å². The van der Waals surface area contributed by atoms with Gasteiger partial charge in [0.25, 0.3) is 5.91 Å². The summed E-state index contributed by atoms with van der Waals surface area (Å²) < 4.78 is 13.3. The average Bonchev–Trinajstić information content (AvgIpc) is 3.37. The smallest absolute Gasteiger partial charge is 0.260 e. The number of para-hydroxylation sites is 1. The molecule has 2 aromatic carbocycles. The van der Waals surface area contributed by atoms with Crippen LogP contribution in [0.4, 0.5) is 0 Å². The Kier molecular flexibility index (Phi) is 4.93. The summed E-state index contributed by atoms with van der Waals surface area (Å²) in [5.41, 5.74) is 4.68. The van der Waals surface area contributed by atoms with Crippen LogP contribution in [0.15, 0.2) is 54.7 Å². The molecular weight excluding hydrogens is 378 g/mol. The number of amides is 1. The average molecular weight is 403 g/mol. The van der Waals surface area contributed by atoms with Crippen LogP contribution in [0.25, 0.3) is 21.8 Å². The Morgan fingerprint density at radius 3 is 2.90 bits per heavy atom. The number of H-pyrrole nitrogens is 1. The van der Waals surface area contributed by atoms with E-state index >= 15 is 0 Å². The maximum atomic E-state index is 12.9. The number of rotatable bonds is 6. The molecule has 0 bridgehead atoms. The second kappa shape index (κ2) is 7.88. The van der Waals surface area contributed by atoms with Crippen LogP contribution in [0.1, 0.15) is 11.3 Å². The van der Waals surface area contributed by atoms with Crippen molar-refractivity contribution < 1.29 is 14.3 Å². The number of aromatic amines is 1. The van der Waals surface area contributed by atoms with Crippen LogP contribution in [0, 0.1) is 0 Å². The van der Waals surface area contributed by atoms with Crippen molar-refractivity contribution in [2.75, 3.05) is 26.9 Å². The van der Waals surface area contributed by atoms with Crippen molar-refractivity contribution >= 4 is 27.7 Å². The van der Waals surface area contributed by atoms with Crippen molar-refractivity contribution in [1.29, 1.82) is 0 Å². The number of hydrogen-bond acceptors (Lipinski definition) is 3. The highest BCUT2D eigenvalue weighted by atomic mass is 16.5. The van der Waals surface area contributed by atoms with Crippen molar-refractivity contribution in [2.45, 2.75) is 19.5 Å². The van der Waals surface area contributed by atoms with E-state index in [1.807, 2.05) is 41.4 Å². The van der Waals surface area contributed by atoms with E-state index in [9.17, 15) is 4.79 Å². The first-order valence-corrected chi connectivity index (χ1v) is 10.3. The molecule has 0 atom stereocenters. The fourth-order valence-electron chi connectivity index (χ4n) is 4.32. The Hall–Kier alpha value is -3.25. The Morgan fingerprint density at radius 2 is 2.00 bits per heavy atom. The van der Waals surface area contributed by atoms with Crippen LogP contribution in [0.5, 0.6) is 5.75 Å². The molecule has 30 heavy (non-hydrogen) atoms. The summed E-state index contributed by atoms with van der Waals surface area (Å²) in [6.07, 6.45) is 2.87. The summed E-state index contributed by atoms with van der Waals surface area (Å²) in [4.78, 5) is 18.3. The first kappa shape index (κ1) is 18.8. The Balaban J connectivity index is 1.29. The molecule has 4 aromatic rings. The fourth-order valence-corrected chi connectivity index (χ4v) is 4.32. The van der Waals surface area contributed by atoms with E-state index in [1.165, 1.54) is 16.6 Å². The number of benzene rings is 2. The Labute approximate surface area is 175 Å². The van der Waals surface area contributed by atoms with E-state index in [-0.39, 0.29) is 12.5 Å². The third-order valence-corrected chi connectivity index (χ3v) is 5.90. The number of hydrogen-bond donors (Lipinski definition) is 1. The van der Waals surface area contributed by atoms with Crippen molar-refractivity contribution in [3.63, 3.8) is 0 Å². The third kappa shape index (κ3) is 3.33. The zero-order valence-electron chi connectivity index (χ0n) is 17.1. The SMILES string of the molecule is COCCn1ccc2c(OCC(=O)N3CCc4[nH]c5ccccc5c4C3)cccc21. The lowest BCUT2D eigenvalue weighted by Gasteiger charge is -2.27. The number of ether oxygens (including phenoxy) is 2. The van der Waals surface area contributed by atoms with Crippen molar-refractivity contribution in [3.8, 4) is 5.75 Å². The highest BCUT2D eigenvalue weighted by Crippen LogP contribution is 2.29. The van der Waals surface area contributed by atoms with Crippen LogP contribution in [-0.2, 0) is 29.0 Å². The van der Waals surface area contributed by atoms with Crippen LogP contribution < -0.4 is 4.74 Å². The molecular formula is C24H25N3O3. The summed E-state index contributed by atoms with van der Waals surface area (Å²) in [6.45, 7) is 2.81. The molecule has 0 fully saturated rings. The second-order valence-electron chi connectivity index (χ2n) is 7.67. The van der Waals surface area contributed by atoms with Gasteiger partial charge in [-0.2, -0.15) is 0 Å². The Morgan fingerprint density at radius 1 is 1.10 bits per heavy atom. The van der Waals surface area contributed by atoms with Gasteiger partial charge in [-0.25, -0.2) is 0 Å². The highest BCUT2D eigenvalue weighted by molar-refractivity contribution is 5.88. The first-order chi connectivity index (χ1) is 14.7. The lowest BCUT2D eigenvalue weighted by Crippen LogP contribution is -2.38. The van der Waals surface area contributed by atoms with Crippen LogP contribution in [-0.4, -0.2) is 47.2 Å². The Bertz CT molecular complexity index is 1210. The first-order valence-electron chi connectivity index (χ1n) is 10.3. The van der Waals surface area contributed by atoms with Gasteiger partial charge in [-0.05, 0) is 24.3 Å². The van der Waals surface area contributed by atoms with Gasteiger partial charge < -0.3 is 23.9 Å². The molecule has 3 heterocycles. The lowest BCUT2D eigenvalue weighted by molar-refractivity contribution is -0.134. The number of methoxy groups -OCH3 is 1. The predicted molar refractivity (Wildman–Crippen MR) is 117 cm³/mol. The van der Waals surface area contributed by atoms with Crippen molar-refractivity contribution in [1.82, 2.24) is 14.5 Å². The van der Waals surface area contributed by atoms with E-state index in [0.717, 1.165) is 35.1 Å². The van der Waals surface area contributed by atoms with E-state index in [4.69, 9.17) is 9.47 Å². The van der Waals surface area contributed by atoms with Gasteiger partial charge in [0.15, 0.2) is 6.61 Å². The largest absolute Gasteiger partial charge is 0.483 e. The number of nitrogens with zero attached hydrogens (tertiary/aromatic N) is 2. The van der Waals surface area contributed by atoms with E-state index < -0.39 is 0 Å². The van der Waals surface area contributed by atoms with Gasteiger partial charge in [0.1, 0.15) is 5.75 Å². The molecule has 6 nitrogen and oxygen atoms in total. The second-order valence-corrected chi connectivity index (χ2v) is 7.67. The zero-order valence-corrected chi connectivity index (χ0v) is 17.1. The molecule has 0 spiro atoms. The normalized spacial score (nSPS) is 13.7. The van der Waals surface area contributed by atoms with Gasteiger partial charge >= 0.3 is 0 Å². The molecule has 1 amide bonds. The molecule has 1 aliphatic heterocycles. The van der Waals surface area contributed by atoms with Gasteiger partial charge in [0, 0.05) is 66.9 Å². The molecule has 1 aliphatic rings. The third-order valence-electron chi connectivity index (χ3n) is 5.90. The lowest BCUT2D eigenvalue weighted by atomic mass is 10.0. The molecule has 6 heteroatoms. The monoisotopic (exact) mass is 403 g/mol. The fraction of sp³-hybridized carbons (Fsp3) is 0.292. The molecule has 0 saturated heterocycles. The van der Waals surface area contributed by atoms with Gasteiger partial charge in [-0.3, -0.25) is 4.79 Å². The molecule has 0 unspecified atom stereocenters. The van der Waals surface area contributed by atoms with Crippen LogP contribution in [0.3, 0.4) is 0 Å². The quantitative estimate of drug-likeness (QED) is 0.534. The number of nitrogens with one attached hydrogen (secondary N) is 1. The molecule has 0 radical (unpaired) electrons. The van der Waals surface area contributed by atoms with Crippen molar-refractivity contribution in [2.24, 2.45) is 0 Å². The van der Waals surface area contributed by atoms with Gasteiger partial charge in [0.05, 0.1) is 12.1 Å². The minimum absolute atomic E-state index is 0.0155. The highest BCUT2D eigenvalue weighted by Gasteiger charge is 2.24.